The first-order valence-electron chi connectivity index (χ1n) is 8.19. The van der Waals surface area contributed by atoms with Crippen molar-refractivity contribution in [2.75, 3.05) is 26.2 Å². The van der Waals surface area contributed by atoms with E-state index in [1.807, 2.05) is 36.2 Å². The fourth-order valence-corrected chi connectivity index (χ4v) is 3.19. The molecule has 3 rings (SSSR count). The normalized spacial score (nSPS) is 17.1. The summed E-state index contributed by atoms with van der Waals surface area (Å²) in [5, 5.41) is 13.1. The molecule has 0 bridgehead atoms. The van der Waals surface area contributed by atoms with Crippen molar-refractivity contribution in [3.05, 3.63) is 36.2 Å². The molecule has 2 aromatic rings. The molecule has 1 amide bonds. The van der Waals surface area contributed by atoms with E-state index in [1.165, 1.54) is 0 Å². The van der Waals surface area contributed by atoms with Crippen LogP contribution in [0.4, 0.5) is 0 Å². The first kappa shape index (κ1) is 16.4. The van der Waals surface area contributed by atoms with Gasteiger partial charge in [0.15, 0.2) is 0 Å². The van der Waals surface area contributed by atoms with Gasteiger partial charge in [0.25, 0.3) is 0 Å². The molecule has 1 saturated heterocycles. The summed E-state index contributed by atoms with van der Waals surface area (Å²) in [6, 6.07) is 5.80. The molecule has 128 valence electrons. The number of hydrogen-bond acceptors (Lipinski definition) is 4. The zero-order valence-electron chi connectivity index (χ0n) is 13.8. The van der Waals surface area contributed by atoms with E-state index in [1.54, 1.807) is 10.7 Å². The second-order valence-electron chi connectivity index (χ2n) is 6.24. The standard InChI is InChI=1S/C17H22N4O3/c1-13(10-17(23)24)19-6-8-20(9-7-19)16(22)11-14-12-18-21-5-3-2-4-15(14)21/h2-5,12-13H,6-11H2,1H3,(H,23,24). The Balaban J connectivity index is 1.56. The Hall–Kier alpha value is -2.41. The number of carbonyl (C=O) groups is 2. The third kappa shape index (κ3) is 3.56. The zero-order chi connectivity index (χ0) is 17.1. The van der Waals surface area contributed by atoms with Crippen LogP contribution >= 0.6 is 0 Å². The van der Waals surface area contributed by atoms with E-state index >= 15 is 0 Å². The molecule has 0 saturated carbocycles. The van der Waals surface area contributed by atoms with Crippen molar-refractivity contribution in [2.45, 2.75) is 25.8 Å². The zero-order valence-corrected chi connectivity index (χ0v) is 13.8. The molecule has 7 nitrogen and oxygen atoms in total. The number of hydrogen-bond donors (Lipinski definition) is 1. The van der Waals surface area contributed by atoms with Crippen molar-refractivity contribution in [2.24, 2.45) is 0 Å². The average molecular weight is 330 g/mol. The van der Waals surface area contributed by atoms with Crippen LogP contribution < -0.4 is 0 Å². The number of aliphatic carboxylic acids is 1. The van der Waals surface area contributed by atoms with E-state index in [0.717, 1.165) is 24.2 Å². The predicted molar refractivity (Wildman–Crippen MR) is 88.8 cm³/mol. The minimum atomic E-state index is -0.783. The highest BCUT2D eigenvalue weighted by molar-refractivity contribution is 5.81. The van der Waals surface area contributed by atoms with E-state index in [0.29, 0.717) is 19.5 Å². The van der Waals surface area contributed by atoms with E-state index in [4.69, 9.17) is 5.11 Å². The SMILES string of the molecule is CC(CC(=O)O)N1CCN(C(=O)Cc2cnn3ccccc23)CC1. The van der Waals surface area contributed by atoms with Crippen LogP contribution in [0.2, 0.25) is 0 Å². The van der Waals surface area contributed by atoms with Gasteiger partial charge in [0, 0.05) is 44.0 Å². The van der Waals surface area contributed by atoms with Crippen molar-refractivity contribution >= 4 is 17.4 Å². The van der Waals surface area contributed by atoms with E-state index in [2.05, 4.69) is 10.00 Å². The molecular formula is C17H22N4O3. The average Bonchev–Trinajstić information content (AvgIpc) is 2.97. The van der Waals surface area contributed by atoms with Gasteiger partial charge in [0.2, 0.25) is 5.91 Å². The number of carbonyl (C=O) groups excluding carboxylic acids is 1. The molecule has 1 unspecified atom stereocenters. The summed E-state index contributed by atoms with van der Waals surface area (Å²) in [7, 11) is 0. The lowest BCUT2D eigenvalue weighted by Gasteiger charge is -2.37. The third-order valence-corrected chi connectivity index (χ3v) is 4.61. The lowest BCUT2D eigenvalue weighted by molar-refractivity contribution is -0.139. The number of carboxylic acids is 1. The second-order valence-corrected chi connectivity index (χ2v) is 6.24. The number of nitrogens with zero attached hydrogens (tertiary/aromatic N) is 4. The molecule has 24 heavy (non-hydrogen) atoms. The van der Waals surface area contributed by atoms with Gasteiger partial charge in [0.05, 0.1) is 24.6 Å². The summed E-state index contributed by atoms with van der Waals surface area (Å²) in [5.74, 6) is -0.687. The Morgan fingerprint density at radius 2 is 2.00 bits per heavy atom. The molecule has 1 fully saturated rings. The quantitative estimate of drug-likeness (QED) is 0.881. The monoisotopic (exact) mass is 330 g/mol. The summed E-state index contributed by atoms with van der Waals surface area (Å²) < 4.78 is 1.77. The predicted octanol–water partition coefficient (Wildman–Crippen LogP) is 0.884. The maximum Gasteiger partial charge on any atom is 0.304 e. The van der Waals surface area contributed by atoms with E-state index in [-0.39, 0.29) is 18.4 Å². The van der Waals surface area contributed by atoms with Gasteiger partial charge in [-0.25, -0.2) is 4.52 Å². The van der Waals surface area contributed by atoms with Crippen LogP contribution in [0.25, 0.3) is 5.52 Å². The van der Waals surface area contributed by atoms with Gasteiger partial charge >= 0.3 is 5.97 Å². The molecule has 7 heteroatoms. The highest BCUT2D eigenvalue weighted by Gasteiger charge is 2.25. The number of rotatable bonds is 5. The maximum absolute atomic E-state index is 12.5. The lowest BCUT2D eigenvalue weighted by atomic mass is 10.1. The number of piperazine rings is 1. The molecule has 3 heterocycles. The molecule has 1 aliphatic heterocycles. The van der Waals surface area contributed by atoms with Crippen LogP contribution in [-0.4, -0.2) is 68.6 Å². The highest BCUT2D eigenvalue weighted by atomic mass is 16.4. The molecule has 1 atom stereocenters. The summed E-state index contributed by atoms with van der Waals surface area (Å²) in [6.07, 6.45) is 4.10. The number of fused-ring (bicyclic) bond motifs is 1. The Morgan fingerprint density at radius 3 is 2.71 bits per heavy atom. The Bertz CT molecular complexity index is 734. The molecule has 0 spiro atoms. The van der Waals surface area contributed by atoms with Gasteiger partial charge in [-0.15, -0.1) is 0 Å². The largest absolute Gasteiger partial charge is 0.481 e. The fourth-order valence-electron chi connectivity index (χ4n) is 3.19. The molecule has 1 aliphatic rings. The maximum atomic E-state index is 12.5. The summed E-state index contributed by atoms with van der Waals surface area (Å²) in [6.45, 7) is 4.64. The van der Waals surface area contributed by atoms with Crippen molar-refractivity contribution < 1.29 is 14.7 Å². The smallest absolute Gasteiger partial charge is 0.304 e. The van der Waals surface area contributed by atoms with Crippen molar-refractivity contribution in [3.63, 3.8) is 0 Å². The van der Waals surface area contributed by atoms with Crippen LogP contribution in [0.3, 0.4) is 0 Å². The third-order valence-electron chi connectivity index (χ3n) is 4.61. The minimum absolute atomic E-state index is 0.000584. The molecule has 2 aromatic heterocycles. The Labute approximate surface area is 140 Å². The van der Waals surface area contributed by atoms with Crippen molar-refractivity contribution in [1.82, 2.24) is 19.4 Å². The molecule has 0 radical (unpaired) electrons. The molecule has 0 aliphatic carbocycles. The summed E-state index contributed by atoms with van der Waals surface area (Å²) in [4.78, 5) is 27.3. The van der Waals surface area contributed by atoms with Crippen LogP contribution in [0.1, 0.15) is 18.9 Å². The van der Waals surface area contributed by atoms with Gasteiger partial charge in [-0.05, 0) is 19.1 Å². The van der Waals surface area contributed by atoms with Crippen LogP contribution in [0.5, 0.6) is 0 Å². The first-order chi connectivity index (χ1) is 11.5. The van der Waals surface area contributed by atoms with Gasteiger partial charge in [0.1, 0.15) is 0 Å². The topological polar surface area (TPSA) is 78.2 Å². The summed E-state index contributed by atoms with van der Waals surface area (Å²) >= 11 is 0. The number of aromatic nitrogens is 2. The lowest BCUT2D eigenvalue weighted by Crippen LogP contribution is -2.52. The fraction of sp³-hybridized carbons (Fsp3) is 0.471. The van der Waals surface area contributed by atoms with E-state index < -0.39 is 5.97 Å². The van der Waals surface area contributed by atoms with Gasteiger partial charge in [-0.2, -0.15) is 5.10 Å². The molecule has 0 aromatic carbocycles. The highest BCUT2D eigenvalue weighted by Crippen LogP contribution is 2.14. The van der Waals surface area contributed by atoms with Crippen molar-refractivity contribution in [3.8, 4) is 0 Å². The minimum Gasteiger partial charge on any atom is -0.481 e. The Kier molecular flexibility index (Phi) is 4.80. The van der Waals surface area contributed by atoms with Gasteiger partial charge in [-0.1, -0.05) is 6.07 Å². The summed E-state index contributed by atoms with van der Waals surface area (Å²) in [5.41, 5.74) is 1.89. The van der Waals surface area contributed by atoms with Crippen LogP contribution in [0.15, 0.2) is 30.6 Å². The second kappa shape index (κ2) is 7.00. The number of carboxylic acid groups (broad SMARTS) is 1. The van der Waals surface area contributed by atoms with E-state index in [9.17, 15) is 9.59 Å². The number of amides is 1. The molecular weight excluding hydrogens is 308 g/mol. The van der Waals surface area contributed by atoms with Gasteiger partial charge in [-0.3, -0.25) is 14.5 Å². The van der Waals surface area contributed by atoms with Crippen LogP contribution in [0, 0.1) is 0 Å². The van der Waals surface area contributed by atoms with Crippen molar-refractivity contribution in [1.29, 1.82) is 0 Å². The Morgan fingerprint density at radius 1 is 1.25 bits per heavy atom. The number of pyridine rings is 1. The molecule has 1 N–H and O–H groups in total. The first-order valence-corrected chi connectivity index (χ1v) is 8.19. The van der Waals surface area contributed by atoms with Gasteiger partial charge < -0.3 is 10.0 Å². The van der Waals surface area contributed by atoms with Crippen LogP contribution in [-0.2, 0) is 16.0 Å².